The van der Waals surface area contributed by atoms with Crippen LogP contribution in [0.5, 0.6) is 0 Å². The summed E-state index contributed by atoms with van der Waals surface area (Å²) in [6, 6.07) is 0. The third-order valence-corrected chi connectivity index (χ3v) is 6.73. The lowest BCUT2D eigenvalue weighted by Gasteiger charge is -2.54. The van der Waals surface area contributed by atoms with Crippen molar-refractivity contribution < 1.29 is 4.79 Å². The average Bonchev–Trinajstić information content (AvgIpc) is 2.26. The monoisotopic (exact) mass is 313 g/mol. The zero-order chi connectivity index (χ0) is 12.9. The van der Waals surface area contributed by atoms with Gasteiger partial charge in [-0.1, -0.05) is 15.9 Å². The Labute approximate surface area is 118 Å². The standard InChI is InChI=1S/C15H24BrNO/c1-15(2,8-16)17-14(18)13-11-4-9-3-10(6-11)7-12(13)5-9/h9-13H,3-8H2,1-2H3,(H,17,18). The van der Waals surface area contributed by atoms with E-state index in [-0.39, 0.29) is 5.54 Å². The van der Waals surface area contributed by atoms with Gasteiger partial charge in [-0.3, -0.25) is 4.79 Å². The van der Waals surface area contributed by atoms with E-state index >= 15 is 0 Å². The van der Waals surface area contributed by atoms with E-state index < -0.39 is 0 Å². The number of nitrogens with one attached hydrogen (secondary N) is 1. The third kappa shape index (κ3) is 2.23. The molecule has 4 bridgehead atoms. The summed E-state index contributed by atoms with van der Waals surface area (Å²) in [6.45, 7) is 4.19. The molecule has 4 saturated carbocycles. The van der Waals surface area contributed by atoms with Crippen LogP contribution < -0.4 is 5.32 Å². The molecule has 0 aliphatic heterocycles. The Hall–Kier alpha value is -0.0500. The van der Waals surface area contributed by atoms with Gasteiger partial charge in [-0.2, -0.15) is 0 Å². The minimum absolute atomic E-state index is 0.119. The number of carbonyl (C=O) groups is 1. The summed E-state index contributed by atoms with van der Waals surface area (Å²) in [5.41, 5.74) is -0.119. The molecule has 0 spiro atoms. The quantitative estimate of drug-likeness (QED) is 0.795. The van der Waals surface area contributed by atoms with Crippen LogP contribution in [-0.2, 0) is 4.79 Å². The summed E-state index contributed by atoms with van der Waals surface area (Å²) in [5.74, 6) is 3.91. The van der Waals surface area contributed by atoms with Gasteiger partial charge in [-0.05, 0) is 69.6 Å². The summed E-state index contributed by atoms with van der Waals surface area (Å²) >= 11 is 3.49. The van der Waals surface area contributed by atoms with Crippen molar-refractivity contribution in [3.8, 4) is 0 Å². The molecule has 0 heterocycles. The maximum Gasteiger partial charge on any atom is 0.224 e. The Morgan fingerprint density at radius 1 is 1.11 bits per heavy atom. The third-order valence-electron chi connectivity index (χ3n) is 5.33. The van der Waals surface area contributed by atoms with Crippen LogP contribution in [0.15, 0.2) is 0 Å². The molecule has 4 aliphatic carbocycles. The Balaban J connectivity index is 1.71. The minimum atomic E-state index is -0.119. The van der Waals surface area contributed by atoms with Gasteiger partial charge in [0.1, 0.15) is 0 Å². The van der Waals surface area contributed by atoms with Crippen molar-refractivity contribution in [1.82, 2.24) is 5.32 Å². The van der Waals surface area contributed by atoms with Crippen molar-refractivity contribution in [3.63, 3.8) is 0 Å². The first-order chi connectivity index (χ1) is 8.48. The summed E-state index contributed by atoms with van der Waals surface area (Å²) in [4.78, 5) is 12.6. The molecule has 4 rings (SSSR count). The molecular formula is C15H24BrNO. The maximum absolute atomic E-state index is 12.6. The molecule has 0 aromatic rings. The largest absolute Gasteiger partial charge is 0.350 e. The van der Waals surface area contributed by atoms with Crippen molar-refractivity contribution in [2.45, 2.75) is 51.5 Å². The highest BCUT2D eigenvalue weighted by atomic mass is 79.9. The second-order valence-electron chi connectivity index (χ2n) is 7.46. The van der Waals surface area contributed by atoms with E-state index in [2.05, 4.69) is 35.1 Å². The van der Waals surface area contributed by atoms with E-state index in [0.717, 1.165) is 17.2 Å². The fourth-order valence-corrected chi connectivity index (χ4v) is 4.94. The molecule has 1 amide bonds. The van der Waals surface area contributed by atoms with Crippen molar-refractivity contribution in [2.75, 3.05) is 5.33 Å². The second kappa shape index (κ2) is 4.50. The topological polar surface area (TPSA) is 29.1 Å². The first kappa shape index (κ1) is 13.0. The number of halogens is 1. The number of carbonyl (C=O) groups excluding carboxylic acids is 1. The highest BCUT2D eigenvalue weighted by Gasteiger charge is 2.51. The van der Waals surface area contributed by atoms with Crippen LogP contribution >= 0.6 is 15.9 Å². The lowest BCUT2D eigenvalue weighted by Crippen LogP contribution is -2.55. The zero-order valence-electron chi connectivity index (χ0n) is 11.4. The van der Waals surface area contributed by atoms with Gasteiger partial charge in [0.2, 0.25) is 5.91 Å². The molecular weight excluding hydrogens is 290 g/mol. The lowest BCUT2D eigenvalue weighted by molar-refractivity contribution is -0.139. The highest BCUT2D eigenvalue weighted by Crippen LogP contribution is 2.56. The molecule has 0 radical (unpaired) electrons. The van der Waals surface area contributed by atoms with Crippen LogP contribution in [-0.4, -0.2) is 16.8 Å². The Morgan fingerprint density at radius 3 is 2.06 bits per heavy atom. The van der Waals surface area contributed by atoms with Crippen molar-refractivity contribution >= 4 is 21.8 Å². The number of hydrogen-bond acceptors (Lipinski definition) is 1. The van der Waals surface area contributed by atoms with Gasteiger partial charge in [-0.25, -0.2) is 0 Å². The second-order valence-corrected chi connectivity index (χ2v) is 8.02. The Morgan fingerprint density at radius 2 is 1.61 bits per heavy atom. The molecule has 0 atom stereocenters. The van der Waals surface area contributed by atoms with E-state index in [1.165, 1.54) is 32.1 Å². The predicted molar refractivity (Wildman–Crippen MR) is 76.6 cm³/mol. The van der Waals surface area contributed by atoms with Crippen LogP contribution in [0, 0.1) is 29.6 Å². The van der Waals surface area contributed by atoms with E-state index in [1.807, 2.05) is 0 Å². The van der Waals surface area contributed by atoms with Crippen molar-refractivity contribution in [3.05, 3.63) is 0 Å². The summed E-state index contributed by atoms with van der Waals surface area (Å²) in [7, 11) is 0. The first-order valence-corrected chi connectivity index (χ1v) is 8.48. The summed E-state index contributed by atoms with van der Waals surface area (Å²) < 4.78 is 0. The van der Waals surface area contributed by atoms with Crippen LogP contribution in [0.2, 0.25) is 0 Å². The van der Waals surface area contributed by atoms with Crippen molar-refractivity contribution in [2.24, 2.45) is 29.6 Å². The van der Waals surface area contributed by atoms with Gasteiger partial charge in [0, 0.05) is 16.8 Å². The highest BCUT2D eigenvalue weighted by molar-refractivity contribution is 9.09. The van der Waals surface area contributed by atoms with E-state index in [4.69, 9.17) is 0 Å². The molecule has 102 valence electrons. The fraction of sp³-hybridized carbons (Fsp3) is 0.933. The minimum Gasteiger partial charge on any atom is -0.350 e. The molecule has 0 unspecified atom stereocenters. The smallest absolute Gasteiger partial charge is 0.224 e. The van der Waals surface area contributed by atoms with Gasteiger partial charge >= 0.3 is 0 Å². The van der Waals surface area contributed by atoms with Gasteiger partial charge in [0.25, 0.3) is 0 Å². The molecule has 2 nitrogen and oxygen atoms in total. The molecule has 4 fully saturated rings. The van der Waals surface area contributed by atoms with E-state index in [0.29, 0.717) is 23.7 Å². The lowest BCUT2D eigenvalue weighted by atomic mass is 9.51. The van der Waals surface area contributed by atoms with E-state index in [1.54, 1.807) is 0 Å². The van der Waals surface area contributed by atoms with Crippen LogP contribution in [0.1, 0.15) is 46.0 Å². The molecule has 18 heavy (non-hydrogen) atoms. The number of amides is 1. The Kier molecular flexibility index (Phi) is 3.24. The Bertz CT molecular complexity index is 324. The molecule has 3 heteroatoms. The molecule has 4 aliphatic rings. The van der Waals surface area contributed by atoms with Crippen LogP contribution in [0.3, 0.4) is 0 Å². The predicted octanol–water partition coefficient (Wildman–Crippen LogP) is 3.35. The number of hydrogen-bond donors (Lipinski definition) is 1. The van der Waals surface area contributed by atoms with Gasteiger partial charge in [-0.15, -0.1) is 0 Å². The molecule has 1 N–H and O–H groups in total. The maximum atomic E-state index is 12.6. The first-order valence-electron chi connectivity index (χ1n) is 7.36. The van der Waals surface area contributed by atoms with Gasteiger partial charge < -0.3 is 5.32 Å². The molecule has 0 aromatic carbocycles. The zero-order valence-corrected chi connectivity index (χ0v) is 13.0. The summed E-state index contributed by atoms with van der Waals surface area (Å²) in [6.07, 6.45) is 6.73. The molecule has 0 aromatic heterocycles. The fourth-order valence-electron chi connectivity index (χ4n) is 4.80. The van der Waals surface area contributed by atoms with Crippen molar-refractivity contribution in [1.29, 1.82) is 0 Å². The van der Waals surface area contributed by atoms with Gasteiger partial charge in [0.15, 0.2) is 0 Å². The molecule has 0 saturated heterocycles. The number of rotatable bonds is 3. The van der Waals surface area contributed by atoms with Gasteiger partial charge in [0.05, 0.1) is 0 Å². The van der Waals surface area contributed by atoms with Crippen LogP contribution in [0.25, 0.3) is 0 Å². The van der Waals surface area contributed by atoms with Crippen LogP contribution in [0.4, 0.5) is 0 Å². The summed E-state index contributed by atoms with van der Waals surface area (Å²) in [5, 5.41) is 4.07. The SMILES string of the molecule is CC(C)(CBr)NC(=O)C1C2CC3CC(C2)CC1C3. The van der Waals surface area contributed by atoms with E-state index in [9.17, 15) is 4.79 Å². The normalized spacial score (nSPS) is 42.1. The average molecular weight is 314 g/mol. The number of alkyl halides is 1.